The van der Waals surface area contributed by atoms with Gasteiger partial charge in [-0.3, -0.25) is 0 Å². The van der Waals surface area contributed by atoms with Crippen molar-refractivity contribution in [2.75, 3.05) is 11.9 Å². The van der Waals surface area contributed by atoms with Crippen molar-refractivity contribution in [3.63, 3.8) is 0 Å². The first-order chi connectivity index (χ1) is 14.7. The van der Waals surface area contributed by atoms with Crippen LogP contribution in [-0.2, 0) is 0 Å². The number of hydrogen-bond donors (Lipinski definition) is 0. The average Bonchev–Trinajstić information content (AvgIpc) is 2.79. The van der Waals surface area contributed by atoms with Crippen LogP contribution in [0.25, 0.3) is 11.6 Å². The Morgan fingerprint density at radius 1 is 0.633 bits per heavy atom. The van der Waals surface area contributed by atoms with E-state index in [9.17, 15) is 0 Å². The summed E-state index contributed by atoms with van der Waals surface area (Å²) in [6.07, 6.45) is 2.25. The summed E-state index contributed by atoms with van der Waals surface area (Å²) in [6.45, 7) is 2.11. The molecule has 30 heavy (non-hydrogen) atoms. The van der Waals surface area contributed by atoms with Gasteiger partial charge in [0.25, 0.3) is 0 Å². The van der Waals surface area contributed by atoms with Crippen molar-refractivity contribution in [2.24, 2.45) is 0 Å². The van der Waals surface area contributed by atoms with Gasteiger partial charge in [-0.05, 0) is 60.5 Å². The topological polar surface area (TPSA) is 12.5 Å². The molecule has 0 atom stereocenters. The zero-order valence-corrected chi connectivity index (χ0v) is 17.2. The predicted octanol–water partition coefficient (Wildman–Crippen LogP) is 7.46. The molecule has 0 unspecified atom stereocenters. The molecule has 4 aromatic rings. The lowest BCUT2D eigenvalue weighted by Crippen LogP contribution is -2.09. The van der Waals surface area contributed by atoms with Crippen molar-refractivity contribution in [1.82, 2.24) is 0 Å². The molecule has 0 saturated heterocycles. The van der Waals surface area contributed by atoms with Gasteiger partial charge in [0.15, 0.2) is 0 Å². The van der Waals surface area contributed by atoms with Crippen LogP contribution in [-0.4, -0.2) is 7.05 Å². The molecule has 4 aromatic carbocycles. The first-order valence-corrected chi connectivity index (χ1v) is 10.2. The third-order valence-corrected chi connectivity index (χ3v) is 5.59. The highest BCUT2D eigenvalue weighted by molar-refractivity contribution is 5.96. The number of benzene rings is 4. The van der Waals surface area contributed by atoms with Crippen molar-refractivity contribution < 1.29 is 4.74 Å². The second kappa shape index (κ2) is 7.57. The maximum absolute atomic E-state index is 6.11. The number of nitrogens with zero attached hydrogens (tertiary/aromatic N) is 1. The van der Waals surface area contributed by atoms with E-state index in [2.05, 4.69) is 97.7 Å². The standard InChI is InChI=1S/C28H23NO/c1-20-11-15-22(16-12-20)29(2)23-17-13-21(14-18-23)19-26-24-7-3-5-9-27(24)30-28-10-6-4-8-25(26)28/h3-19H,1-2H3. The summed E-state index contributed by atoms with van der Waals surface area (Å²) in [5, 5.41) is 0. The van der Waals surface area contributed by atoms with Gasteiger partial charge < -0.3 is 9.64 Å². The van der Waals surface area contributed by atoms with Crippen LogP contribution in [0.2, 0.25) is 0 Å². The van der Waals surface area contributed by atoms with Crippen LogP contribution in [0.3, 0.4) is 0 Å². The molecule has 0 bridgehead atoms. The number of aryl methyl sites for hydroxylation is 1. The summed E-state index contributed by atoms with van der Waals surface area (Å²) >= 11 is 0. The van der Waals surface area contributed by atoms with E-state index in [0.29, 0.717) is 0 Å². The van der Waals surface area contributed by atoms with Crippen LogP contribution in [0, 0.1) is 6.92 Å². The van der Waals surface area contributed by atoms with E-state index in [4.69, 9.17) is 4.74 Å². The Hall–Kier alpha value is -3.78. The van der Waals surface area contributed by atoms with Gasteiger partial charge in [-0.1, -0.05) is 66.2 Å². The molecule has 2 heteroatoms. The van der Waals surface area contributed by atoms with Gasteiger partial charge in [-0.15, -0.1) is 0 Å². The number of fused-ring (bicyclic) bond motifs is 2. The molecule has 146 valence electrons. The molecule has 1 aliphatic heterocycles. The van der Waals surface area contributed by atoms with E-state index in [1.54, 1.807) is 0 Å². The van der Waals surface area contributed by atoms with Gasteiger partial charge >= 0.3 is 0 Å². The third-order valence-electron chi connectivity index (χ3n) is 5.59. The smallest absolute Gasteiger partial charge is 0.135 e. The van der Waals surface area contributed by atoms with Gasteiger partial charge in [0.2, 0.25) is 0 Å². The molecule has 0 N–H and O–H groups in total. The van der Waals surface area contributed by atoms with E-state index in [1.807, 2.05) is 24.3 Å². The Kier molecular flexibility index (Phi) is 4.61. The predicted molar refractivity (Wildman–Crippen MR) is 126 cm³/mol. The SMILES string of the molecule is Cc1ccc(N(C)c2ccc(C=C3c4ccccc4Oc4ccccc43)cc2)cc1. The van der Waals surface area contributed by atoms with E-state index in [1.165, 1.54) is 16.8 Å². The summed E-state index contributed by atoms with van der Waals surface area (Å²) < 4.78 is 6.11. The van der Waals surface area contributed by atoms with Crippen molar-refractivity contribution in [3.8, 4) is 11.5 Å². The molecule has 1 heterocycles. The highest BCUT2D eigenvalue weighted by atomic mass is 16.5. The fraction of sp³-hybridized carbons (Fsp3) is 0.0714. The number of hydrogen-bond acceptors (Lipinski definition) is 2. The molecule has 0 aliphatic carbocycles. The van der Waals surface area contributed by atoms with Gasteiger partial charge in [0.05, 0.1) is 0 Å². The second-order valence-corrected chi connectivity index (χ2v) is 7.64. The monoisotopic (exact) mass is 389 g/mol. The zero-order chi connectivity index (χ0) is 20.5. The van der Waals surface area contributed by atoms with Gasteiger partial charge in [-0.2, -0.15) is 0 Å². The molecule has 0 aromatic heterocycles. The summed E-state index contributed by atoms with van der Waals surface area (Å²) in [5.41, 5.74) is 8.21. The van der Waals surface area contributed by atoms with E-state index >= 15 is 0 Å². The fourth-order valence-electron chi connectivity index (χ4n) is 3.85. The minimum absolute atomic E-state index is 0.901. The van der Waals surface area contributed by atoms with E-state index in [-0.39, 0.29) is 0 Å². The van der Waals surface area contributed by atoms with E-state index in [0.717, 1.165) is 33.9 Å². The Bertz CT molecular complexity index is 1170. The number of para-hydroxylation sites is 2. The number of anilines is 2. The van der Waals surface area contributed by atoms with Crippen molar-refractivity contribution in [1.29, 1.82) is 0 Å². The third kappa shape index (κ3) is 3.37. The van der Waals surface area contributed by atoms with Gasteiger partial charge in [0, 0.05) is 29.5 Å². The maximum atomic E-state index is 6.11. The summed E-state index contributed by atoms with van der Waals surface area (Å²) in [5.74, 6) is 1.80. The normalized spacial score (nSPS) is 11.9. The lowest BCUT2D eigenvalue weighted by molar-refractivity contribution is 0.474. The molecule has 1 aliphatic rings. The maximum Gasteiger partial charge on any atom is 0.135 e. The molecule has 0 spiro atoms. The Morgan fingerprint density at radius 3 is 1.70 bits per heavy atom. The molecule has 2 nitrogen and oxygen atoms in total. The van der Waals surface area contributed by atoms with Crippen LogP contribution in [0.1, 0.15) is 22.3 Å². The molecule has 0 fully saturated rings. The lowest BCUT2D eigenvalue weighted by atomic mass is 9.92. The quantitative estimate of drug-likeness (QED) is 0.317. The molecule has 0 saturated carbocycles. The van der Waals surface area contributed by atoms with Crippen molar-refractivity contribution in [2.45, 2.75) is 6.92 Å². The second-order valence-electron chi connectivity index (χ2n) is 7.64. The Labute approximate surface area is 177 Å². The highest BCUT2D eigenvalue weighted by Crippen LogP contribution is 2.44. The van der Waals surface area contributed by atoms with Crippen LogP contribution >= 0.6 is 0 Å². The Morgan fingerprint density at radius 2 is 1.13 bits per heavy atom. The van der Waals surface area contributed by atoms with E-state index < -0.39 is 0 Å². The van der Waals surface area contributed by atoms with Crippen LogP contribution in [0.4, 0.5) is 11.4 Å². The van der Waals surface area contributed by atoms with Crippen LogP contribution < -0.4 is 9.64 Å². The number of rotatable bonds is 3. The minimum Gasteiger partial charge on any atom is -0.456 e. The first-order valence-electron chi connectivity index (χ1n) is 10.2. The fourth-order valence-corrected chi connectivity index (χ4v) is 3.85. The molecule has 0 radical (unpaired) electrons. The summed E-state index contributed by atoms with van der Waals surface area (Å²) in [6, 6.07) is 33.7. The molecule has 0 amide bonds. The molecule has 5 rings (SSSR count). The lowest BCUT2D eigenvalue weighted by Gasteiger charge is -2.23. The van der Waals surface area contributed by atoms with Crippen LogP contribution in [0.5, 0.6) is 11.5 Å². The summed E-state index contributed by atoms with van der Waals surface area (Å²) in [7, 11) is 2.10. The van der Waals surface area contributed by atoms with Crippen LogP contribution in [0.15, 0.2) is 97.1 Å². The first kappa shape index (κ1) is 18.3. The largest absolute Gasteiger partial charge is 0.456 e. The van der Waals surface area contributed by atoms with Crippen molar-refractivity contribution in [3.05, 3.63) is 119 Å². The molecular formula is C28H23NO. The van der Waals surface area contributed by atoms with Gasteiger partial charge in [0.1, 0.15) is 11.5 Å². The average molecular weight is 389 g/mol. The Balaban J connectivity index is 1.51. The summed E-state index contributed by atoms with van der Waals surface area (Å²) in [4.78, 5) is 2.20. The zero-order valence-electron chi connectivity index (χ0n) is 17.2. The minimum atomic E-state index is 0.901. The molecular weight excluding hydrogens is 366 g/mol. The number of ether oxygens (including phenoxy) is 1. The highest BCUT2D eigenvalue weighted by Gasteiger charge is 2.20. The van der Waals surface area contributed by atoms with Crippen molar-refractivity contribution >= 4 is 23.0 Å². The van der Waals surface area contributed by atoms with Gasteiger partial charge in [-0.25, -0.2) is 0 Å².